The van der Waals surface area contributed by atoms with Crippen molar-refractivity contribution in [3.63, 3.8) is 0 Å². The maximum Gasteiger partial charge on any atom is 0.361 e. The van der Waals surface area contributed by atoms with E-state index in [4.69, 9.17) is 9.47 Å². The number of ether oxygens (including phenoxy) is 2. The van der Waals surface area contributed by atoms with Crippen LogP contribution in [0.15, 0.2) is 18.2 Å². The maximum atomic E-state index is 12.2. The molecule has 0 aromatic heterocycles. The number of carboxylic acids is 1. The van der Waals surface area contributed by atoms with E-state index >= 15 is 0 Å². The highest BCUT2D eigenvalue weighted by atomic mass is 32.2. The van der Waals surface area contributed by atoms with Gasteiger partial charge in [0.05, 0.1) is 5.75 Å². The molecule has 1 aromatic rings. The molecule has 3 atom stereocenters. The third-order valence-electron chi connectivity index (χ3n) is 5.15. The van der Waals surface area contributed by atoms with E-state index < -0.39 is 22.2 Å². The van der Waals surface area contributed by atoms with Crippen molar-refractivity contribution in [2.24, 2.45) is 0 Å². The van der Waals surface area contributed by atoms with Gasteiger partial charge in [-0.15, -0.1) is 0 Å². The Morgan fingerprint density at radius 1 is 1.33 bits per heavy atom. The van der Waals surface area contributed by atoms with E-state index in [0.29, 0.717) is 18.1 Å². The van der Waals surface area contributed by atoms with E-state index in [9.17, 15) is 18.3 Å². The molecule has 1 heterocycles. The molecule has 3 unspecified atom stereocenters. The summed E-state index contributed by atoms with van der Waals surface area (Å²) in [6, 6.07) is 5.37. The van der Waals surface area contributed by atoms with Gasteiger partial charge in [-0.25, -0.2) is 13.2 Å². The quantitative estimate of drug-likeness (QED) is 0.465. The number of benzene rings is 1. The zero-order valence-electron chi connectivity index (χ0n) is 15.5. The topological polar surface area (TPSA) is 102 Å². The van der Waals surface area contributed by atoms with Crippen molar-refractivity contribution in [2.45, 2.75) is 70.1 Å². The molecule has 150 valence electrons. The van der Waals surface area contributed by atoms with Crippen LogP contribution < -0.4 is 14.2 Å². The number of carbonyl (C=O) groups is 1. The summed E-state index contributed by atoms with van der Waals surface area (Å²) in [6.07, 6.45) is 4.75. The fraction of sp³-hybridized carbons (Fsp3) is 0.632. The molecule has 1 saturated carbocycles. The van der Waals surface area contributed by atoms with Gasteiger partial charge >= 0.3 is 5.97 Å². The fourth-order valence-electron chi connectivity index (χ4n) is 3.81. The second kappa shape index (κ2) is 8.48. The van der Waals surface area contributed by atoms with Crippen LogP contribution in [0.25, 0.3) is 0 Å². The predicted octanol–water partition coefficient (Wildman–Crippen LogP) is 3.00. The maximum absolute atomic E-state index is 12.2. The smallest absolute Gasteiger partial charge is 0.361 e. The minimum absolute atomic E-state index is 0.100. The van der Waals surface area contributed by atoms with Crippen molar-refractivity contribution in [1.82, 2.24) is 4.72 Å². The standard InChI is InChI=1S/C19H27NO6S/c1-2-3-4-5-12-27(23,24)20-18(19(21)22)26-16-11-7-9-14-13-8-6-10-15(13)25-17(14)16/h7,9,11,13,15,18,20H,2-6,8,10,12H2,1H3,(H,21,22). The molecule has 8 heteroatoms. The van der Waals surface area contributed by atoms with Crippen LogP contribution in [-0.2, 0) is 14.8 Å². The van der Waals surface area contributed by atoms with Gasteiger partial charge in [-0.3, -0.25) is 0 Å². The molecule has 7 nitrogen and oxygen atoms in total. The third kappa shape index (κ3) is 4.73. The average molecular weight is 397 g/mol. The monoisotopic (exact) mass is 397 g/mol. The summed E-state index contributed by atoms with van der Waals surface area (Å²) in [5.41, 5.74) is 1.02. The molecule has 27 heavy (non-hydrogen) atoms. The van der Waals surface area contributed by atoms with Crippen LogP contribution in [0.4, 0.5) is 0 Å². The molecule has 0 spiro atoms. The highest BCUT2D eigenvalue weighted by Crippen LogP contribution is 2.50. The van der Waals surface area contributed by atoms with Crippen LogP contribution >= 0.6 is 0 Å². The van der Waals surface area contributed by atoms with Gasteiger partial charge in [0.2, 0.25) is 10.0 Å². The van der Waals surface area contributed by atoms with Crippen LogP contribution in [0, 0.1) is 0 Å². The largest absolute Gasteiger partial charge is 0.486 e. The summed E-state index contributed by atoms with van der Waals surface area (Å²) in [6.45, 7) is 2.04. The Morgan fingerprint density at radius 3 is 2.89 bits per heavy atom. The minimum atomic E-state index is -3.75. The number of aliphatic carboxylic acids is 1. The number of carboxylic acid groups (broad SMARTS) is 1. The van der Waals surface area contributed by atoms with Gasteiger partial charge in [0.15, 0.2) is 11.5 Å². The first-order valence-electron chi connectivity index (χ1n) is 9.60. The van der Waals surface area contributed by atoms with Crippen LogP contribution in [0.2, 0.25) is 0 Å². The molecular weight excluding hydrogens is 370 g/mol. The van der Waals surface area contributed by atoms with Crippen molar-refractivity contribution < 1.29 is 27.8 Å². The van der Waals surface area contributed by atoms with E-state index in [0.717, 1.165) is 44.1 Å². The molecule has 0 saturated heterocycles. The lowest BCUT2D eigenvalue weighted by atomic mass is 9.97. The van der Waals surface area contributed by atoms with Crippen LogP contribution in [-0.4, -0.2) is 37.6 Å². The van der Waals surface area contributed by atoms with E-state index in [1.54, 1.807) is 12.1 Å². The number of para-hydroxylation sites is 1. The Hall–Kier alpha value is -1.80. The average Bonchev–Trinajstić information content (AvgIpc) is 3.20. The summed E-state index contributed by atoms with van der Waals surface area (Å²) in [5, 5.41) is 9.42. The van der Waals surface area contributed by atoms with Crippen molar-refractivity contribution in [3.05, 3.63) is 23.8 Å². The fourth-order valence-corrected chi connectivity index (χ4v) is 4.99. The molecule has 1 aromatic carbocycles. The van der Waals surface area contributed by atoms with E-state index in [1.807, 2.05) is 13.0 Å². The number of unbranched alkanes of at least 4 members (excludes halogenated alkanes) is 3. The van der Waals surface area contributed by atoms with Crippen molar-refractivity contribution in [3.8, 4) is 11.5 Å². The van der Waals surface area contributed by atoms with Crippen molar-refractivity contribution >= 4 is 16.0 Å². The third-order valence-corrected chi connectivity index (χ3v) is 6.55. The lowest BCUT2D eigenvalue weighted by molar-refractivity contribution is -0.145. The van der Waals surface area contributed by atoms with Gasteiger partial charge in [0, 0.05) is 11.5 Å². The zero-order valence-corrected chi connectivity index (χ0v) is 16.3. The van der Waals surface area contributed by atoms with Gasteiger partial charge in [0.1, 0.15) is 6.10 Å². The Morgan fingerprint density at radius 2 is 2.15 bits per heavy atom. The van der Waals surface area contributed by atoms with Gasteiger partial charge < -0.3 is 14.6 Å². The number of rotatable bonds is 10. The summed E-state index contributed by atoms with van der Waals surface area (Å²) in [7, 11) is -3.75. The first kappa shape index (κ1) is 19.9. The molecule has 0 bridgehead atoms. The second-order valence-electron chi connectivity index (χ2n) is 7.20. The Bertz CT molecular complexity index is 778. The lowest BCUT2D eigenvalue weighted by Gasteiger charge is -2.18. The predicted molar refractivity (Wildman–Crippen MR) is 101 cm³/mol. The van der Waals surface area contributed by atoms with Crippen molar-refractivity contribution in [2.75, 3.05) is 5.75 Å². The molecule has 3 rings (SSSR count). The molecule has 2 N–H and O–H groups in total. The lowest BCUT2D eigenvalue weighted by Crippen LogP contribution is -2.45. The molecule has 1 aliphatic carbocycles. The molecule has 0 radical (unpaired) electrons. The number of nitrogens with one attached hydrogen (secondary N) is 1. The molecule has 0 amide bonds. The summed E-state index contributed by atoms with van der Waals surface area (Å²) in [5.74, 6) is -0.387. The molecule has 1 aliphatic heterocycles. The Balaban J connectivity index is 1.69. The van der Waals surface area contributed by atoms with E-state index in [2.05, 4.69) is 4.72 Å². The normalized spacial score (nSPS) is 22.0. The molecular formula is C19H27NO6S. The summed E-state index contributed by atoms with van der Waals surface area (Å²) >= 11 is 0. The number of sulfonamides is 1. The molecule has 1 fully saturated rings. The van der Waals surface area contributed by atoms with Gasteiger partial charge in [-0.2, -0.15) is 4.72 Å². The van der Waals surface area contributed by atoms with Gasteiger partial charge in [0.25, 0.3) is 6.23 Å². The Kier molecular flexibility index (Phi) is 6.26. The Labute approximate surface area is 160 Å². The molecule has 2 aliphatic rings. The summed E-state index contributed by atoms with van der Waals surface area (Å²) < 4.78 is 38.1. The second-order valence-corrected chi connectivity index (χ2v) is 9.08. The SMILES string of the molecule is CCCCCCS(=O)(=O)NC(Oc1cccc2c1OC1CCCC21)C(=O)O. The van der Waals surface area contributed by atoms with E-state index in [1.165, 1.54) is 0 Å². The van der Waals surface area contributed by atoms with Gasteiger partial charge in [-0.1, -0.05) is 38.3 Å². The number of fused-ring (bicyclic) bond motifs is 3. The van der Waals surface area contributed by atoms with Crippen molar-refractivity contribution in [1.29, 1.82) is 0 Å². The number of hydrogen-bond acceptors (Lipinski definition) is 5. The summed E-state index contributed by atoms with van der Waals surface area (Å²) in [4.78, 5) is 11.6. The van der Waals surface area contributed by atoms with E-state index in [-0.39, 0.29) is 17.6 Å². The number of hydrogen-bond donors (Lipinski definition) is 2. The van der Waals surface area contributed by atoms with Crippen LogP contribution in [0.3, 0.4) is 0 Å². The highest BCUT2D eigenvalue weighted by Gasteiger charge is 2.40. The highest BCUT2D eigenvalue weighted by molar-refractivity contribution is 7.89. The van der Waals surface area contributed by atoms with Gasteiger partial charge in [-0.05, 0) is 31.7 Å². The minimum Gasteiger partial charge on any atom is -0.486 e. The van der Waals surface area contributed by atoms with Crippen LogP contribution in [0.1, 0.15) is 63.4 Å². The zero-order chi connectivity index (χ0) is 19.4. The van der Waals surface area contributed by atoms with Crippen LogP contribution in [0.5, 0.6) is 11.5 Å². The first-order chi connectivity index (χ1) is 12.9. The first-order valence-corrected chi connectivity index (χ1v) is 11.3.